The molecule has 1 N–H and O–H groups in total. The topological polar surface area (TPSA) is 28.2 Å². The molecular weight excluding hydrogens is 326 g/mol. The Kier molecular flexibility index (Phi) is 3.81. The number of thiophene rings is 1. The Hall–Kier alpha value is -1.49. The molecular formula is C21H25N3S. The van der Waals surface area contributed by atoms with Crippen molar-refractivity contribution in [3.63, 3.8) is 0 Å². The van der Waals surface area contributed by atoms with Gasteiger partial charge in [-0.05, 0) is 75.2 Å². The van der Waals surface area contributed by atoms with Gasteiger partial charge in [0.1, 0.15) is 0 Å². The summed E-state index contributed by atoms with van der Waals surface area (Å²) in [6.07, 6.45) is 10.7. The van der Waals surface area contributed by atoms with Crippen LogP contribution < -0.4 is 5.32 Å². The smallest absolute Gasteiger partial charge is 0.0659 e. The minimum Gasteiger partial charge on any atom is -0.315 e. The Morgan fingerprint density at radius 1 is 1.32 bits per heavy atom. The predicted octanol–water partition coefficient (Wildman–Crippen LogP) is 3.81. The first-order valence-electron chi connectivity index (χ1n) is 9.40. The van der Waals surface area contributed by atoms with E-state index in [9.17, 15) is 0 Å². The first-order valence-corrected chi connectivity index (χ1v) is 10.2. The zero-order valence-electron chi connectivity index (χ0n) is 14.8. The van der Waals surface area contributed by atoms with Crippen LogP contribution in [0.4, 0.5) is 0 Å². The highest BCUT2D eigenvalue weighted by atomic mass is 32.1. The van der Waals surface area contributed by atoms with Crippen LogP contribution >= 0.6 is 11.3 Å². The number of hydrogen-bond acceptors (Lipinski definition) is 4. The van der Waals surface area contributed by atoms with Crippen molar-refractivity contribution in [1.29, 1.82) is 0 Å². The number of pyridine rings is 1. The van der Waals surface area contributed by atoms with Crippen LogP contribution in [0.15, 0.2) is 30.5 Å². The zero-order chi connectivity index (χ0) is 16.9. The molecule has 25 heavy (non-hydrogen) atoms. The fraction of sp³-hybridized carbons (Fsp3) is 0.476. The molecule has 1 atom stereocenters. The van der Waals surface area contributed by atoms with Crippen molar-refractivity contribution >= 4 is 17.4 Å². The van der Waals surface area contributed by atoms with E-state index in [4.69, 9.17) is 4.98 Å². The quantitative estimate of drug-likeness (QED) is 0.911. The van der Waals surface area contributed by atoms with Gasteiger partial charge in [-0.2, -0.15) is 0 Å². The van der Waals surface area contributed by atoms with Gasteiger partial charge >= 0.3 is 0 Å². The Morgan fingerprint density at radius 2 is 2.20 bits per heavy atom. The van der Waals surface area contributed by atoms with Crippen LogP contribution in [0.25, 0.3) is 16.5 Å². The Morgan fingerprint density at radius 3 is 2.96 bits per heavy atom. The number of nitrogens with zero attached hydrogens (tertiary/aromatic N) is 2. The molecule has 1 spiro atoms. The van der Waals surface area contributed by atoms with Gasteiger partial charge in [-0.25, -0.2) is 0 Å². The molecule has 1 unspecified atom stereocenters. The van der Waals surface area contributed by atoms with Crippen molar-refractivity contribution in [3.8, 4) is 10.4 Å². The Bertz CT molecular complexity index is 816. The molecule has 3 nitrogen and oxygen atoms in total. The Balaban J connectivity index is 1.46. The van der Waals surface area contributed by atoms with Gasteiger partial charge in [0.25, 0.3) is 0 Å². The van der Waals surface area contributed by atoms with Gasteiger partial charge in [-0.15, -0.1) is 11.3 Å². The minimum absolute atomic E-state index is 0.358. The highest BCUT2D eigenvalue weighted by molar-refractivity contribution is 7.15. The largest absolute Gasteiger partial charge is 0.315 e. The number of rotatable bonds is 3. The van der Waals surface area contributed by atoms with Gasteiger partial charge < -0.3 is 10.2 Å². The van der Waals surface area contributed by atoms with Crippen LogP contribution in [0.1, 0.15) is 29.0 Å². The number of hydrogen-bond donors (Lipinski definition) is 1. The van der Waals surface area contributed by atoms with E-state index in [-0.39, 0.29) is 0 Å². The van der Waals surface area contributed by atoms with E-state index < -0.39 is 0 Å². The molecule has 130 valence electrons. The van der Waals surface area contributed by atoms with E-state index >= 15 is 0 Å². The lowest BCUT2D eigenvalue weighted by molar-refractivity contribution is 0.00269. The lowest BCUT2D eigenvalue weighted by atomic mass is 9.62. The summed E-state index contributed by atoms with van der Waals surface area (Å²) in [6, 6.07) is 6.87. The van der Waals surface area contributed by atoms with Crippen molar-refractivity contribution < 1.29 is 0 Å². The summed E-state index contributed by atoms with van der Waals surface area (Å²) in [5.41, 5.74) is 4.25. The monoisotopic (exact) mass is 351 g/mol. The van der Waals surface area contributed by atoms with E-state index in [1.54, 1.807) is 0 Å². The first kappa shape index (κ1) is 15.7. The molecule has 2 aromatic rings. The number of piperidine rings is 3. The van der Waals surface area contributed by atoms with E-state index in [0.29, 0.717) is 5.41 Å². The van der Waals surface area contributed by atoms with Crippen LogP contribution in [0.5, 0.6) is 0 Å². The minimum atomic E-state index is 0.358. The summed E-state index contributed by atoms with van der Waals surface area (Å²) >= 11 is 1.87. The molecule has 6 rings (SSSR count). The maximum Gasteiger partial charge on any atom is 0.0659 e. The fourth-order valence-electron chi connectivity index (χ4n) is 5.01. The van der Waals surface area contributed by atoms with E-state index in [2.05, 4.69) is 40.6 Å². The molecule has 2 bridgehead atoms. The van der Waals surface area contributed by atoms with Crippen molar-refractivity contribution in [2.45, 2.75) is 25.8 Å². The van der Waals surface area contributed by atoms with Crippen LogP contribution in [0.2, 0.25) is 0 Å². The van der Waals surface area contributed by atoms with Crippen molar-refractivity contribution in [2.75, 3.05) is 26.7 Å². The molecule has 0 saturated carbocycles. The zero-order valence-corrected chi connectivity index (χ0v) is 15.6. The molecule has 3 fully saturated rings. The summed E-state index contributed by atoms with van der Waals surface area (Å²) in [6.45, 7) is 4.78. The van der Waals surface area contributed by atoms with Gasteiger partial charge in [0, 0.05) is 40.0 Å². The second-order valence-corrected chi connectivity index (χ2v) is 9.03. The SMILES string of the molecule is CNCc1ccc(-c2cnc3c(c2)CC2(C=C3)CN3CCC2CC3)s1. The summed E-state index contributed by atoms with van der Waals surface area (Å²) in [4.78, 5) is 10.2. The van der Waals surface area contributed by atoms with Gasteiger partial charge in [0.05, 0.1) is 5.69 Å². The lowest BCUT2D eigenvalue weighted by Crippen LogP contribution is -2.55. The summed E-state index contributed by atoms with van der Waals surface area (Å²) in [5, 5.41) is 3.23. The summed E-state index contributed by atoms with van der Waals surface area (Å²) < 4.78 is 0. The van der Waals surface area contributed by atoms with Gasteiger partial charge in [0.15, 0.2) is 0 Å². The third-order valence-electron chi connectivity index (χ3n) is 6.31. The van der Waals surface area contributed by atoms with Crippen LogP contribution in [-0.2, 0) is 13.0 Å². The van der Waals surface area contributed by atoms with Gasteiger partial charge in [-0.3, -0.25) is 4.98 Å². The highest BCUT2D eigenvalue weighted by Gasteiger charge is 2.46. The lowest BCUT2D eigenvalue weighted by Gasteiger charge is -2.53. The highest BCUT2D eigenvalue weighted by Crippen LogP contribution is 2.48. The average Bonchev–Trinajstić information content (AvgIpc) is 3.11. The fourth-order valence-corrected chi connectivity index (χ4v) is 6.01. The standard InChI is InChI=1S/C21H25N3S/c1-22-13-18-2-3-20(25-18)16-10-15-11-21(7-4-19(15)23-12-16)14-24-8-5-17(21)6-9-24/h2-4,7,10,12,17,22H,5-6,8-9,11,13-14H2,1H3. The maximum absolute atomic E-state index is 4.78. The Labute approximate surface area is 153 Å². The van der Waals surface area contributed by atoms with E-state index in [1.165, 1.54) is 59.1 Å². The van der Waals surface area contributed by atoms with Crippen LogP contribution in [0, 0.1) is 11.3 Å². The molecule has 0 aromatic carbocycles. The van der Waals surface area contributed by atoms with Gasteiger partial charge in [-0.1, -0.05) is 6.08 Å². The van der Waals surface area contributed by atoms with E-state index in [1.807, 2.05) is 24.6 Å². The second-order valence-electron chi connectivity index (χ2n) is 7.86. The number of nitrogens with one attached hydrogen (secondary N) is 1. The summed E-state index contributed by atoms with van der Waals surface area (Å²) in [7, 11) is 2.00. The molecule has 4 heteroatoms. The first-order chi connectivity index (χ1) is 12.3. The summed E-state index contributed by atoms with van der Waals surface area (Å²) in [5.74, 6) is 0.856. The second kappa shape index (κ2) is 6.04. The molecule has 2 aromatic heterocycles. The van der Waals surface area contributed by atoms with E-state index in [0.717, 1.165) is 18.9 Å². The van der Waals surface area contributed by atoms with Crippen molar-refractivity contribution in [2.24, 2.45) is 11.3 Å². The normalized spacial score (nSPS) is 30.0. The average molecular weight is 352 g/mol. The molecule has 0 amide bonds. The van der Waals surface area contributed by atoms with Crippen LogP contribution in [-0.4, -0.2) is 36.6 Å². The molecule has 0 radical (unpaired) electrons. The predicted molar refractivity (Wildman–Crippen MR) is 105 cm³/mol. The molecule has 1 aliphatic carbocycles. The number of aromatic nitrogens is 1. The van der Waals surface area contributed by atoms with Crippen molar-refractivity contribution in [3.05, 3.63) is 46.6 Å². The van der Waals surface area contributed by atoms with Crippen molar-refractivity contribution in [1.82, 2.24) is 15.2 Å². The van der Waals surface area contributed by atoms with Crippen LogP contribution in [0.3, 0.4) is 0 Å². The molecule has 5 heterocycles. The number of fused-ring (bicyclic) bond motifs is 3. The third-order valence-corrected chi connectivity index (χ3v) is 7.44. The molecule has 3 aliphatic heterocycles. The molecule has 3 saturated heterocycles. The third kappa shape index (κ3) is 2.67. The molecule has 4 aliphatic rings. The maximum atomic E-state index is 4.78. The van der Waals surface area contributed by atoms with Gasteiger partial charge in [0.2, 0.25) is 0 Å².